The van der Waals surface area contributed by atoms with E-state index in [1.807, 2.05) is 19.0 Å². The van der Waals surface area contributed by atoms with E-state index in [1.54, 1.807) is 0 Å². The SMILES string of the molecule is CN(C)C(=O)C12CC(C)(c3ccccc3)CC(c3ccccc3)(C1)CC(C)(c1ccccc1)C2. The molecule has 3 aromatic carbocycles. The predicted molar refractivity (Wildman–Crippen MR) is 140 cm³/mol. The van der Waals surface area contributed by atoms with E-state index >= 15 is 0 Å². The highest BCUT2D eigenvalue weighted by molar-refractivity contribution is 5.83. The van der Waals surface area contributed by atoms with E-state index < -0.39 is 5.41 Å². The molecule has 5 rings (SSSR count). The molecule has 176 valence electrons. The second-order valence-electron chi connectivity index (χ2n) is 11.9. The maximum Gasteiger partial charge on any atom is 0.228 e. The fourth-order valence-electron chi connectivity index (χ4n) is 8.02. The normalized spacial score (nSPS) is 32.7. The van der Waals surface area contributed by atoms with Crippen LogP contribution in [0, 0.1) is 5.41 Å². The Morgan fingerprint density at radius 3 is 1.35 bits per heavy atom. The number of hydrogen-bond acceptors (Lipinski definition) is 1. The van der Waals surface area contributed by atoms with Crippen molar-refractivity contribution in [2.45, 2.75) is 62.2 Å². The summed E-state index contributed by atoms with van der Waals surface area (Å²) in [5, 5.41) is 0. The van der Waals surface area contributed by atoms with Gasteiger partial charge in [0.2, 0.25) is 5.91 Å². The smallest absolute Gasteiger partial charge is 0.228 e. The molecule has 0 saturated heterocycles. The van der Waals surface area contributed by atoms with Crippen LogP contribution in [-0.4, -0.2) is 24.9 Å². The minimum atomic E-state index is -0.412. The molecule has 0 aromatic heterocycles. The molecule has 2 unspecified atom stereocenters. The number of carbonyl (C=O) groups is 1. The van der Waals surface area contributed by atoms with Crippen molar-refractivity contribution in [2.24, 2.45) is 5.41 Å². The van der Waals surface area contributed by atoms with Gasteiger partial charge in [-0.2, -0.15) is 0 Å². The van der Waals surface area contributed by atoms with E-state index in [2.05, 4.69) is 105 Å². The summed E-state index contributed by atoms with van der Waals surface area (Å²) in [5.74, 6) is 0.288. The van der Waals surface area contributed by atoms with Crippen molar-refractivity contribution in [3.05, 3.63) is 108 Å². The highest BCUT2D eigenvalue weighted by atomic mass is 16.2. The number of rotatable bonds is 4. The largest absolute Gasteiger partial charge is 0.348 e. The van der Waals surface area contributed by atoms with Gasteiger partial charge in [-0.1, -0.05) is 105 Å². The van der Waals surface area contributed by atoms with Crippen LogP contribution in [0.15, 0.2) is 91.0 Å². The van der Waals surface area contributed by atoms with Crippen molar-refractivity contribution in [3.63, 3.8) is 0 Å². The summed E-state index contributed by atoms with van der Waals surface area (Å²) in [4.78, 5) is 16.0. The van der Waals surface area contributed by atoms with Gasteiger partial charge in [-0.3, -0.25) is 4.79 Å². The van der Waals surface area contributed by atoms with Crippen LogP contribution >= 0.6 is 0 Å². The van der Waals surface area contributed by atoms with E-state index in [1.165, 1.54) is 16.7 Å². The van der Waals surface area contributed by atoms with Crippen LogP contribution in [0.2, 0.25) is 0 Å². The average molecular weight is 452 g/mol. The summed E-state index contributed by atoms with van der Waals surface area (Å²) in [6.45, 7) is 4.81. The molecule has 2 fully saturated rings. The maximum atomic E-state index is 14.2. The first kappa shape index (κ1) is 22.9. The molecule has 2 aliphatic rings. The topological polar surface area (TPSA) is 20.3 Å². The third-order valence-corrected chi connectivity index (χ3v) is 8.78. The van der Waals surface area contributed by atoms with Crippen LogP contribution in [-0.2, 0) is 21.0 Å². The quantitative estimate of drug-likeness (QED) is 0.423. The molecule has 1 amide bonds. The van der Waals surface area contributed by atoms with Crippen LogP contribution < -0.4 is 0 Å². The molecule has 2 atom stereocenters. The van der Waals surface area contributed by atoms with E-state index in [-0.39, 0.29) is 22.2 Å². The molecule has 2 nitrogen and oxygen atoms in total. The zero-order valence-corrected chi connectivity index (χ0v) is 21.1. The van der Waals surface area contributed by atoms with Gasteiger partial charge in [-0.25, -0.2) is 0 Å². The standard InChI is InChI=1S/C32H37NO/c1-29(25-14-8-5-9-15-25)20-31(27-18-12-7-13-19-27)21-30(2,26-16-10-6-11-17-26)23-32(22-29,24-31)28(34)33(3)4/h5-19H,20-24H2,1-4H3. The average Bonchev–Trinajstić information content (AvgIpc) is 2.84. The van der Waals surface area contributed by atoms with Gasteiger partial charge in [0.15, 0.2) is 0 Å². The third kappa shape index (κ3) is 3.68. The lowest BCUT2D eigenvalue weighted by Crippen LogP contribution is -2.61. The van der Waals surface area contributed by atoms with Gasteiger partial charge in [0.05, 0.1) is 5.41 Å². The van der Waals surface area contributed by atoms with Crippen molar-refractivity contribution in [1.82, 2.24) is 4.90 Å². The van der Waals surface area contributed by atoms with Gasteiger partial charge in [0.1, 0.15) is 0 Å². The highest BCUT2D eigenvalue weighted by Gasteiger charge is 2.63. The third-order valence-electron chi connectivity index (χ3n) is 8.78. The van der Waals surface area contributed by atoms with Crippen LogP contribution in [0.4, 0.5) is 0 Å². The molecule has 2 heteroatoms. The number of amides is 1. The Bertz CT molecular complexity index is 1090. The zero-order valence-electron chi connectivity index (χ0n) is 21.1. The van der Waals surface area contributed by atoms with E-state index in [4.69, 9.17) is 0 Å². The fourth-order valence-corrected chi connectivity index (χ4v) is 8.02. The van der Waals surface area contributed by atoms with Crippen molar-refractivity contribution in [2.75, 3.05) is 14.1 Å². The molecule has 0 N–H and O–H groups in total. The lowest BCUT2D eigenvalue weighted by Gasteiger charge is -2.63. The minimum absolute atomic E-state index is 0.0704. The number of fused-ring (bicyclic) bond motifs is 2. The Labute approximate surface area is 205 Å². The molecular weight excluding hydrogens is 414 g/mol. The summed E-state index contributed by atoms with van der Waals surface area (Å²) in [6.07, 6.45) is 4.81. The molecule has 2 aliphatic carbocycles. The first-order valence-corrected chi connectivity index (χ1v) is 12.6. The first-order chi connectivity index (χ1) is 16.2. The van der Waals surface area contributed by atoms with E-state index in [9.17, 15) is 4.79 Å². The summed E-state index contributed by atoms with van der Waals surface area (Å²) in [6, 6.07) is 32.9. The van der Waals surface area contributed by atoms with E-state index in [0.29, 0.717) is 0 Å². The molecule has 0 radical (unpaired) electrons. The molecule has 34 heavy (non-hydrogen) atoms. The molecule has 0 aliphatic heterocycles. The first-order valence-electron chi connectivity index (χ1n) is 12.6. The molecule has 3 aromatic rings. The maximum absolute atomic E-state index is 14.2. The number of benzene rings is 3. The predicted octanol–water partition coefficient (Wildman–Crippen LogP) is 6.89. The van der Waals surface area contributed by atoms with Gasteiger partial charge >= 0.3 is 0 Å². The van der Waals surface area contributed by atoms with Gasteiger partial charge in [0.25, 0.3) is 0 Å². The zero-order chi connectivity index (χ0) is 24.0. The Balaban J connectivity index is 1.75. The lowest BCUT2D eigenvalue weighted by molar-refractivity contribution is -0.152. The van der Waals surface area contributed by atoms with Crippen LogP contribution in [0.1, 0.15) is 62.6 Å². The van der Waals surface area contributed by atoms with E-state index in [0.717, 1.165) is 32.1 Å². The molecule has 0 heterocycles. The van der Waals surface area contributed by atoms with Crippen LogP contribution in [0.25, 0.3) is 0 Å². The molecular formula is C32H37NO. The van der Waals surface area contributed by atoms with Gasteiger partial charge in [-0.05, 0) is 65.0 Å². The molecule has 2 bridgehead atoms. The fraction of sp³-hybridized carbons (Fsp3) is 0.406. The summed E-state index contributed by atoms with van der Waals surface area (Å²) >= 11 is 0. The van der Waals surface area contributed by atoms with Crippen molar-refractivity contribution < 1.29 is 4.79 Å². The van der Waals surface area contributed by atoms with Crippen LogP contribution in [0.3, 0.4) is 0 Å². The number of nitrogens with zero attached hydrogens (tertiary/aromatic N) is 1. The summed E-state index contributed by atoms with van der Waals surface area (Å²) < 4.78 is 0. The summed E-state index contributed by atoms with van der Waals surface area (Å²) in [7, 11) is 3.87. The number of carbonyl (C=O) groups excluding carboxylic acids is 1. The van der Waals surface area contributed by atoms with Crippen molar-refractivity contribution in [1.29, 1.82) is 0 Å². The highest BCUT2D eigenvalue weighted by Crippen LogP contribution is 2.67. The van der Waals surface area contributed by atoms with Crippen molar-refractivity contribution >= 4 is 5.91 Å². The van der Waals surface area contributed by atoms with Gasteiger partial charge in [-0.15, -0.1) is 0 Å². The second kappa shape index (κ2) is 8.12. The van der Waals surface area contributed by atoms with Gasteiger partial charge < -0.3 is 4.90 Å². The van der Waals surface area contributed by atoms with Gasteiger partial charge in [0, 0.05) is 14.1 Å². The summed E-state index contributed by atoms with van der Waals surface area (Å²) in [5.41, 5.74) is 3.47. The van der Waals surface area contributed by atoms with Crippen LogP contribution in [0.5, 0.6) is 0 Å². The minimum Gasteiger partial charge on any atom is -0.348 e. The second-order valence-corrected chi connectivity index (χ2v) is 11.9. The Morgan fingerprint density at radius 2 is 0.971 bits per heavy atom. The Hall–Kier alpha value is -2.87. The Kier molecular flexibility index (Phi) is 5.47. The lowest BCUT2D eigenvalue weighted by atomic mass is 9.40. The van der Waals surface area contributed by atoms with Crippen molar-refractivity contribution in [3.8, 4) is 0 Å². The number of hydrogen-bond donors (Lipinski definition) is 0. The molecule has 2 saturated carbocycles. The molecule has 0 spiro atoms. The monoisotopic (exact) mass is 451 g/mol. The Morgan fingerprint density at radius 1 is 0.588 bits per heavy atom.